The van der Waals surface area contributed by atoms with Gasteiger partial charge in [-0.05, 0) is 44.4 Å². The molecule has 0 saturated carbocycles. The van der Waals surface area contributed by atoms with E-state index in [-0.39, 0.29) is 11.9 Å². The van der Waals surface area contributed by atoms with Crippen LogP contribution in [-0.2, 0) is 11.2 Å². The lowest BCUT2D eigenvalue weighted by molar-refractivity contribution is -0.121. The van der Waals surface area contributed by atoms with Gasteiger partial charge < -0.3 is 14.6 Å². The van der Waals surface area contributed by atoms with Crippen LogP contribution in [0.2, 0.25) is 0 Å². The van der Waals surface area contributed by atoms with Crippen molar-refractivity contribution in [2.75, 3.05) is 7.11 Å². The Morgan fingerprint density at radius 3 is 2.52 bits per heavy atom. The average molecular weight is 316 g/mol. The highest BCUT2D eigenvalue weighted by molar-refractivity contribution is 5.76. The molecule has 0 aliphatic carbocycles. The van der Waals surface area contributed by atoms with E-state index in [0.717, 1.165) is 34.8 Å². The summed E-state index contributed by atoms with van der Waals surface area (Å²) in [4.78, 5) is 12.2. The first kappa shape index (κ1) is 17.1. The van der Waals surface area contributed by atoms with Crippen molar-refractivity contribution < 1.29 is 14.1 Å². The Morgan fingerprint density at radius 2 is 2.00 bits per heavy atom. The van der Waals surface area contributed by atoms with Crippen molar-refractivity contribution in [1.82, 2.24) is 10.5 Å². The van der Waals surface area contributed by atoms with Crippen LogP contribution >= 0.6 is 0 Å². The van der Waals surface area contributed by atoms with E-state index >= 15 is 0 Å². The fourth-order valence-electron chi connectivity index (χ4n) is 2.62. The molecule has 1 aromatic carbocycles. The quantitative estimate of drug-likeness (QED) is 0.849. The third-order valence-electron chi connectivity index (χ3n) is 4.04. The van der Waals surface area contributed by atoms with Crippen LogP contribution in [0.15, 0.2) is 28.8 Å². The first-order valence-electron chi connectivity index (χ1n) is 7.90. The molecule has 0 radical (unpaired) electrons. The molecule has 1 atom stereocenters. The molecule has 5 heteroatoms. The minimum atomic E-state index is 0.0121. The maximum atomic E-state index is 12.2. The summed E-state index contributed by atoms with van der Waals surface area (Å²) in [5.41, 5.74) is 2.97. The van der Waals surface area contributed by atoms with Crippen LogP contribution in [0.5, 0.6) is 5.75 Å². The lowest BCUT2D eigenvalue weighted by Gasteiger charge is -2.18. The second-order valence-corrected chi connectivity index (χ2v) is 5.60. The fraction of sp³-hybridized carbons (Fsp3) is 0.444. The summed E-state index contributed by atoms with van der Waals surface area (Å²) in [5.74, 6) is 1.64. The number of hydrogen-bond donors (Lipinski definition) is 1. The first-order valence-corrected chi connectivity index (χ1v) is 7.90. The van der Waals surface area contributed by atoms with Crippen LogP contribution in [0.3, 0.4) is 0 Å². The monoisotopic (exact) mass is 316 g/mol. The van der Waals surface area contributed by atoms with Gasteiger partial charge in [0.15, 0.2) is 0 Å². The van der Waals surface area contributed by atoms with Gasteiger partial charge >= 0.3 is 0 Å². The van der Waals surface area contributed by atoms with Gasteiger partial charge in [-0.25, -0.2) is 0 Å². The molecular weight excluding hydrogens is 292 g/mol. The smallest absolute Gasteiger partial charge is 0.220 e. The Labute approximate surface area is 137 Å². The molecule has 0 unspecified atom stereocenters. The maximum absolute atomic E-state index is 12.2. The number of aromatic nitrogens is 1. The molecule has 2 aromatic rings. The van der Waals surface area contributed by atoms with Gasteiger partial charge in [0, 0.05) is 12.0 Å². The Hall–Kier alpha value is -2.30. The number of benzene rings is 1. The standard InChI is InChI=1S/C18H24N2O3/c1-5-17(14-6-8-15(22-4)9-7-14)19-18(21)11-10-16-12(2)20-23-13(16)3/h6-9,17H,5,10-11H2,1-4H3,(H,19,21)/t17-/m1/s1. The molecule has 5 nitrogen and oxygen atoms in total. The Balaban J connectivity index is 1.94. The number of nitrogens with zero attached hydrogens (tertiary/aromatic N) is 1. The van der Waals surface area contributed by atoms with E-state index in [1.165, 1.54) is 0 Å². The highest BCUT2D eigenvalue weighted by Crippen LogP contribution is 2.20. The lowest BCUT2D eigenvalue weighted by atomic mass is 10.0. The zero-order chi connectivity index (χ0) is 16.8. The van der Waals surface area contributed by atoms with Crippen molar-refractivity contribution in [3.05, 3.63) is 46.8 Å². The van der Waals surface area contributed by atoms with E-state index in [2.05, 4.69) is 17.4 Å². The van der Waals surface area contributed by atoms with Crippen LogP contribution < -0.4 is 10.1 Å². The van der Waals surface area contributed by atoms with E-state index < -0.39 is 0 Å². The molecule has 0 saturated heterocycles. The number of methoxy groups -OCH3 is 1. The first-order chi connectivity index (χ1) is 11.0. The van der Waals surface area contributed by atoms with Gasteiger partial charge in [0.05, 0.1) is 18.8 Å². The van der Waals surface area contributed by atoms with Crippen molar-refractivity contribution in [3.8, 4) is 5.75 Å². The maximum Gasteiger partial charge on any atom is 0.220 e. The number of rotatable bonds is 7. The Morgan fingerprint density at radius 1 is 1.30 bits per heavy atom. The molecule has 1 N–H and O–H groups in total. The molecule has 1 aromatic heterocycles. The molecule has 124 valence electrons. The molecule has 0 aliphatic rings. The molecule has 1 heterocycles. The third kappa shape index (κ3) is 4.34. The second-order valence-electron chi connectivity index (χ2n) is 5.60. The summed E-state index contributed by atoms with van der Waals surface area (Å²) in [7, 11) is 1.64. The zero-order valence-corrected chi connectivity index (χ0v) is 14.2. The van der Waals surface area contributed by atoms with Gasteiger partial charge in [0.1, 0.15) is 11.5 Å². The van der Waals surface area contributed by atoms with Crippen LogP contribution in [0.4, 0.5) is 0 Å². The van der Waals surface area contributed by atoms with E-state index in [1.807, 2.05) is 38.1 Å². The number of carbonyl (C=O) groups is 1. The van der Waals surface area contributed by atoms with Gasteiger partial charge in [-0.3, -0.25) is 4.79 Å². The van der Waals surface area contributed by atoms with Crippen LogP contribution in [0.1, 0.15) is 48.4 Å². The van der Waals surface area contributed by atoms with Gasteiger partial charge in [0.25, 0.3) is 0 Å². The largest absolute Gasteiger partial charge is 0.497 e. The number of aryl methyl sites for hydroxylation is 2. The third-order valence-corrected chi connectivity index (χ3v) is 4.04. The Bertz CT molecular complexity index is 627. The molecule has 0 spiro atoms. The summed E-state index contributed by atoms with van der Waals surface area (Å²) >= 11 is 0. The number of amides is 1. The second kappa shape index (κ2) is 7.81. The van der Waals surface area contributed by atoms with E-state index in [4.69, 9.17) is 9.26 Å². The fourth-order valence-corrected chi connectivity index (χ4v) is 2.62. The normalized spacial score (nSPS) is 12.0. The Kier molecular flexibility index (Phi) is 5.79. The summed E-state index contributed by atoms with van der Waals surface area (Å²) in [5, 5.41) is 7.01. The minimum absolute atomic E-state index is 0.0121. The highest BCUT2D eigenvalue weighted by atomic mass is 16.5. The van der Waals surface area contributed by atoms with Crippen molar-refractivity contribution in [1.29, 1.82) is 0 Å². The summed E-state index contributed by atoms with van der Waals surface area (Å²) in [6.07, 6.45) is 1.91. The average Bonchev–Trinajstić information content (AvgIpc) is 2.89. The van der Waals surface area contributed by atoms with Crippen molar-refractivity contribution in [3.63, 3.8) is 0 Å². The van der Waals surface area contributed by atoms with Crippen LogP contribution in [0.25, 0.3) is 0 Å². The van der Waals surface area contributed by atoms with Gasteiger partial charge in [-0.1, -0.05) is 24.2 Å². The van der Waals surface area contributed by atoms with Crippen LogP contribution in [0, 0.1) is 13.8 Å². The lowest BCUT2D eigenvalue weighted by Crippen LogP contribution is -2.28. The number of carbonyl (C=O) groups excluding carboxylic acids is 1. The van der Waals surface area contributed by atoms with Gasteiger partial charge in [0.2, 0.25) is 5.91 Å². The molecule has 1 amide bonds. The van der Waals surface area contributed by atoms with E-state index in [1.54, 1.807) is 7.11 Å². The molecule has 23 heavy (non-hydrogen) atoms. The zero-order valence-electron chi connectivity index (χ0n) is 14.2. The summed E-state index contributed by atoms with van der Waals surface area (Å²) < 4.78 is 10.3. The molecule has 0 aliphatic heterocycles. The van der Waals surface area contributed by atoms with Crippen molar-refractivity contribution in [2.45, 2.75) is 46.1 Å². The molecule has 2 rings (SSSR count). The van der Waals surface area contributed by atoms with Crippen molar-refractivity contribution >= 4 is 5.91 Å². The van der Waals surface area contributed by atoms with E-state index in [0.29, 0.717) is 12.8 Å². The predicted octanol–water partition coefficient (Wildman–Crippen LogP) is 3.50. The number of hydrogen-bond acceptors (Lipinski definition) is 4. The van der Waals surface area contributed by atoms with Gasteiger partial charge in [-0.2, -0.15) is 0 Å². The number of ether oxygens (including phenoxy) is 1. The van der Waals surface area contributed by atoms with Gasteiger partial charge in [-0.15, -0.1) is 0 Å². The number of nitrogens with one attached hydrogen (secondary N) is 1. The minimum Gasteiger partial charge on any atom is -0.497 e. The SMILES string of the molecule is CC[C@@H](NC(=O)CCc1c(C)noc1C)c1ccc(OC)cc1. The summed E-state index contributed by atoms with van der Waals surface area (Å²) in [6.45, 7) is 5.83. The van der Waals surface area contributed by atoms with Crippen LogP contribution in [-0.4, -0.2) is 18.2 Å². The van der Waals surface area contributed by atoms with E-state index in [9.17, 15) is 4.79 Å². The van der Waals surface area contributed by atoms with Crippen molar-refractivity contribution in [2.24, 2.45) is 0 Å². The molecule has 0 fully saturated rings. The summed E-state index contributed by atoms with van der Waals surface area (Å²) in [6, 6.07) is 7.81. The topological polar surface area (TPSA) is 64.4 Å². The highest BCUT2D eigenvalue weighted by Gasteiger charge is 2.15. The molecular formula is C18H24N2O3. The predicted molar refractivity (Wildman–Crippen MR) is 88.5 cm³/mol. The molecule has 0 bridgehead atoms.